The van der Waals surface area contributed by atoms with Gasteiger partial charge in [-0.2, -0.15) is 0 Å². The number of hydrogen-bond donors (Lipinski definition) is 1. The number of rotatable bonds is 3. The zero-order chi connectivity index (χ0) is 17.3. The van der Waals surface area contributed by atoms with Crippen LogP contribution in [-0.2, 0) is 11.3 Å². The van der Waals surface area contributed by atoms with Crippen LogP contribution >= 0.6 is 11.6 Å². The first-order valence-electron chi connectivity index (χ1n) is 7.15. The molecule has 0 aliphatic heterocycles. The fourth-order valence-electron chi connectivity index (χ4n) is 2.23. The van der Waals surface area contributed by atoms with E-state index in [0.29, 0.717) is 22.1 Å². The van der Waals surface area contributed by atoms with Gasteiger partial charge in [0, 0.05) is 12.3 Å². The molecule has 122 valence electrons. The van der Waals surface area contributed by atoms with E-state index < -0.39 is 5.97 Å². The third-order valence-corrected chi connectivity index (χ3v) is 3.79. The van der Waals surface area contributed by atoms with E-state index >= 15 is 0 Å². The number of nitrogen functional groups attached to an aromatic ring is 1. The molecule has 0 atom stereocenters. The Bertz CT molecular complexity index is 998. The predicted molar refractivity (Wildman–Crippen MR) is 91.2 cm³/mol. The van der Waals surface area contributed by atoms with E-state index in [1.54, 1.807) is 12.3 Å². The van der Waals surface area contributed by atoms with E-state index in [4.69, 9.17) is 22.1 Å². The van der Waals surface area contributed by atoms with Crippen molar-refractivity contribution in [1.82, 2.24) is 9.38 Å². The van der Waals surface area contributed by atoms with Gasteiger partial charge in [-0.25, -0.2) is 9.78 Å². The lowest BCUT2D eigenvalue weighted by Crippen LogP contribution is -2.17. The molecule has 24 heavy (non-hydrogen) atoms. The maximum atomic E-state index is 12.1. The molecule has 0 saturated heterocycles. The van der Waals surface area contributed by atoms with Crippen LogP contribution in [0, 0.1) is 6.92 Å². The number of nitrogens with two attached hydrogens (primary N) is 1. The van der Waals surface area contributed by atoms with E-state index in [9.17, 15) is 9.59 Å². The average Bonchev–Trinajstić information content (AvgIpc) is 2.56. The van der Waals surface area contributed by atoms with Crippen LogP contribution in [0.15, 0.2) is 47.4 Å². The normalized spacial score (nSPS) is 10.8. The van der Waals surface area contributed by atoms with Crippen molar-refractivity contribution < 1.29 is 9.53 Å². The molecule has 0 unspecified atom stereocenters. The van der Waals surface area contributed by atoms with Crippen molar-refractivity contribution in [2.24, 2.45) is 0 Å². The van der Waals surface area contributed by atoms with Gasteiger partial charge in [-0.05, 0) is 36.8 Å². The molecule has 2 aromatic heterocycles. The molecule has 0 aliphatic carbocycles. The zero-order valence-corrected chi connectivity index (χ0v) is 13.6. The number of anilines is 1. The fraction of sp³-hybridized carbons (Fsp3) is 0.118. The van der Waals surface area contributed by atoms with Crippen molar-refractivity contribution in [3.05, 3.63) is 74.8 Å². The number of pyridine rings is 1. The molecule has 1 aromatic carbocycles. The minimum Gasteiger partial charge on any atom is -0.456 e. The topological polar surface area (TPSA) is 86.7 Å². The van der Waals surface area contributed by atoms with Gasteiger partial charge < -0.3 is 10.5 Å². The molecule has 0 bridgehead atoms. The smallest absolute Gasteiger partial charge is 0.338 e. The van der Waals surface area contributed by atoms with Crippen molar-refractivity contribution in [1.29, 1.82) is 0 Å². The Morgan fingerprint density at radius 1 is 1.29 bits per heavy atom. The number of aryl methyl sites for hydroxylation is 1. The Morgan fingerprint density at radius 2 is 2.08 bits per heavy atom. The quantitative estimate of drug-likeness (QED) is 0.583. The zero-order valence-electron chi connectivity index (χ0n) is 12.8. The number of hydrogen-bond acceptors (Lipinski definition) is 5. The van der Waals surface area contributed by atoms with Crippen LogP contribution in [0.4, 0.5) is 5.69 Å². The Labute approximate surface area is 142 Å². The van der Waals surface area contributed by atoms with E-state index in [2.05, 4.69) is 4.98 Å². The van der Waals surface area contributed by atoms with Crippen LogP contribution in [0.3, 0.4) is 0 Å². The number of fused-ring (bicyclic) bond motifs is 1. The molecule has 3 aromatic rings. The van der Waals surface area contributed by atoms with Gasteiger partial charge in [0.05, 0.1) is 22.0 Å². The van der Waals surface area contributed by atoms with Crippen molar-refractivity contribution in [3.8, 4) is 0 Å². The highest BCUT2D eigenvalue weighted by Crippen LogP contribution is 2.20. The second-order valence-corrected chi connectivity index (χ2v) is 5.74. The number of esters is 1. The molecule has 2 heterocycles. The summed E-state index contributed by atoms with van der Waals surface area (Å²) < 4.78 is 6.63. The molecule has 2 N–H and O–H groups in total. The minimum atomic E-state index is -0.565. The summed E-state index contributed by atoms with van der Waals surface area (Å²) in [6.07, 6.45) is 1.71. The molecule has 0 radical (unpaired) electrons. The lowest BCUT2D eigenvalue weighted by Gasteiger charge is -2.07. The van der Waals surface area contributed by atoms with Crippen molar-refractivity contribution >= 4 is 28.9 Å². The Kier molecular flexibility index (Phi) is 4.22. The molecule has 0 fully saturated rings. The van der Waals surface area contributed by atoms with Gasteiger partial charge in [0.15, 0.2) is 0 Å². The molecular formula is C17H14ClN3O3. The molecule has 0 saturated carbocycles. The number of nitrogens with zero attached hydrogens (tertiary/aromatic N) is 2. The van der Waals surface area contributed by atoms with Crippen LogP contribution in [0.2, 0.25) is 5.02 Å². The summed E-state index contributed by atoms with van der Waals surface area (Å²) in [5, 5.41) is 0.367. The van der Waals surface area contributed by atoms with Gasteiger partial charge in [-0.15, -0.1) is 0 Å². The van der Waals surface area contributed by atoms with Crippen molar-refractivity contribution in [3.63, 3.8) is 0 Å². The number of halogens is 1. The van der Waals surface area contributed by atoms with Gasteiger partial charge >= 0.3 is 5.97 Å². The summed E-state index contributed by atoms with van der Waals surface area (Å²) >= 11 is 5.82. The molecule has 7 heteroatoms. The summed E-state index contributed by atoms with van der Waals surface area (Å²) in [6, 6.07) is 9.42. The fourth-order valence-corrected chi connectivity index (χ4v) is 2.34. The van der Waals surface area contributed by atoms with Gasteiger partial charge in [-0.3, -0.25) is 9.20 Å². The van der Waals surface area contributed by atoms with Crippen LogP contribution in [0.1, 0.15) is 21.6 Å². The second-order valence-electron chi connectivity index (χ2n) is 5.33. The van der Waals surface area contributed by atoms with Gasteiger partial charge in [0.2, 0.25) is 0 Å². The van der Waals surface area contributed by atoms with Gasteiger partial charge in [0.1, 0.15) is 12.3 Å². The highest BCUT2D eigenvalue weighted by molar-refractivity contribution is 6.33. The second kappa shape index (κ2) is 6.33. The summed E-state index contributed by atoms with van der Waals surface area (Å²) in [4.78, 5) is 28.5. The van der Waals surface area contributed by atoms with Gasteiger partial charge in [-0.1, -0.05) is 17.7 Å². The third-order valence-electron chi connectivity index (χ3n) is 3.44. The highest BCUT2D eigenvalue weighted by atomic mass is 35.5. The van der Waals surface area contributed by atoms with E-state index in [0.717, 1.165) is 5.56 Å². The van der Waals surface area contributed by atoms with Gasteiger partial charge in [0.25, 0.3) is 5.56 Å². The monoisotopic (exact) mass is 343 g/mol. The molecule has 3 rings (SSSR count). The summed E-state index contributed by atoms with van der Waals surface area (Å²) in [5.41, 5.74) is 7.83. The first-order chi connectivity index (χ1) is 11.4. The van der Waals surface area contributed by atoms with Crippen molar-refractivity contribution in [2.45, 2.75) is 13.5 Å². The Morgan fingerprint density at radius 3 is 2.83 bits per heavy atom. The molecule has 0 amide bonds. The summed E-state index contributed by atoms with van der Waals surface area (Å²) in [5.74, 6) is -0.565. The molecule has 0 spiro atoms. The number of aromatic nitrogens is 2. The maximum absolute atomic E-state index is 12.1. The Hall–Kier alpha value is -2.86. The number of carbonyl (C=O) groups excluding carboxylic acids is 1. The molecular weight excluding hydrogens is 330 g/mol. The standard InChI is InChI=1S/C17H14ClN3O3/c1-10-2-5-15-20-12(7-16(22)21(15)8-10)9-24-17(23)11-3-4-13(18)14(19)6-11/h2-8H,9,19H2,1H3. The predicted octanol–water partition coefficient (Wildman–Crippen LogP) is 2.60. The van der Waals surface area contributed by atoms with Crippen LogP contribution < -0.4 is 11.3 Å². The lowest BCUT2D eigenvalue weighted by molar-refractivity contribution is 0.0468. The van der Waals surface area contributed by atoms with E-state index in [1.807, 2.05) is 13.0 Å². The third kappa shape index (κ3) is 3.23. The van der Waals surface area contributed by atoms with E-state index in [-0.39, 0.29) is 17.7 Å². The number of carbonyl (C=O) groups is 1. The first kappa shape index (κ1) is 16.0. The summed E-state index contributed by atoms with van der Waals surface area (Å²) in [6.45, 7) is 1.78. The van der Waals surface area contributed by atoms with Crippen LogP contribution in [-0.4, -0.2) is 15.4 Å². The summed E-state index contributed by atoms with van der Waals surface area (Å²) in [7, 11) is 0. The largest absolute Gasteiger partial charge is 0.456 e. The maximum Gasteiger partial charge on any atom is 0.338 e. The first-order valence-corrected chi connectivity index (χ1v) is 7.53. The molecule has 6 nitrogen and oxygen atoms in total. The lowest BCUT2D eigenvalue weighted by atomic mass is 10.2. The average molecular weight is 344 g/mol. The van der Waals surface area contributed by atoms with Crippen LogP contribution in [0.25, 0.3) is 5.65 Å². The molecule has 0 aliphatic rings. The Balaban J connectivity index is 1.80. The van der Waals surface area contributed by atoms with Crippen LogP contribution in [0.5, 0.6) is 0 Å². The van der Waals surface area contributed by atoms with Crippen molar-refractivity contribution in [2.75, 3.05) is 5.73 Å². The SMILES string of the molecule is Cc1ccc2nc(COC(=O)c3ccc(Cl)c(N)c3)cc(=O)n2c1. The number of benzene rings is 1. The van der Waals surface area contributed by atoms with E-state index in [1.165, 1.54) is 28.7 Å². The highest BCUT2D eigenvalue weighted by Gasteiger charge is 2.11. The minimum absolute atomic E-state index is 0.110. The number of ether oxygens (including phenoxy) is 1.